The summed E-state index contributed by atoms with van der Waals surface area (Å²) in [6, 6.07) is 16.7. The summed E-state index contributed by atoms with van der Waals surface area (Å²) in [4.78, 5) is 10.5. The lowest BCUT2D eigenvalue weighted by Crippen LogP contribution is -2.00. The van der Waals surface area contributed by atoms with E-state index in [2.05, 4.69) is 11.8 Å². The molecule has 20 heavy (non-hydrogen) atoms. The van der Waals surface area contributed by atoms with Gasteiger partial charge in [0.2, 0.25) is 0 Å². The zero-order valence-corrected chi connectivity index (χ0v) is 10.9. The van der Waals surface area contributed by atoms with E-state index >= 15 is 0 Å². The van der Waals surface area contributed by atoms with Crippen LogP contribution < -0.4 is 4.74 Å². The average Bonchev–Trinajstić information content (AvgIpc) is 2.46. The summed E-state index contributed by atoms with van der Waals surface area (Å²) in [6.07, 6.45) is 0.0219. The minimum absolute atomic E-state index is 0.0219. The number of benzene rings is 2. The highest BCUT2D eigenvalue weighted by molar-refractivity contribution is 5.70. The number of carboxylic acids is 1. The molecule has 3 nitrogen and oxygen atoms in total. The van der Waals surface area contributed by atoms with Crippen LogP contribution in [-0.2, 0) is 11.2 Å². The minimum Gasteiger partial charge on any atom is -0.481 e. The smallest absolute Gasteiger partial charge is 0.307 e. The molecule has 0 unspecified atom stereocenters. The molecule has 0 saturated carbocycles. The molecule has 0 aliphatic heterocycles. The van der Waals surface area contributed by atoms with E-state index in [1.54, 1.807) is 24.3 Å². The van der Waals surface area contributed by atoms with Crippen LogP contribution in [0.25, 0.3) is 0 Å². The van der Waals surface area contributed by atoms with Crippen molar-refractivity contribution in [1.29, 1.82) is 0 Å². The van der Waals surface area contributed by atoms with E-state index in [1.165, 1.54) is 0 Å². The molecule has 0 saturated heterocycles. The third-order valence-electron chi connectivity index (χ3n) is 2.60. The fraction of sp³-hybridized carbons (Fsp3) is 0.118. The number of hydrogen-bond donors (Lipinski definition) is 1. The molecule has 0 fully saturated rings. The summed E-state index contributed by atoms with van der Waals surface area (Å²) in [6.45, 7) is 0.299. The Morgan fingerprint density at radius 3 is 2.40 bits per heavy atom. The standard InChI is InChI=1S/C17H14O3/c18-17(19)13-15-8-10-16(11-9-15)20-12-4-7-14-5-2-1-3-6-14/h1-3,5-6,8-11H,12-13H2,(H,18,19). The Kier molecular flexibility index (Phi) is 4.80. The molecule has 0 aliphatic rings. The zero-order valence-electron chi connectivity index (χ0n) is 10.9. The Morgan fingerprint density at radius 2 is 1.75 bits per heavy atom. The van der Waals surface area contributed by atoms with E-state index < -0.39 is 5.97 Å². The third kappa shape index (κ3) is 4.51. The van der Waals surface area contributed by atoms with E-state index in [0.717, 1.165) is 11.1 Å². The van der Waals surface area contributed by atoms with Crippen LogP contribution in [-0.4, -0.2) is 17.7 Å². The Bertz CT molecular complexity index is 619. The van der Waals surface area contributed by atoms with Crippen LogP contribution in [0.5, 0.6) is 5.75 Å². The van der Waals surface area contributed by atoms with Gasteiger partial charge < -0.3 is 9.84 Å². The number of carboxylic acid groups (broad SMARTS) is 1. The van der Waals surface area contributed by atoms with Crippen molar-refractivity contribution in [2.75, 3.05) is 6.61 Å². The summed E-state index contributed by atoms with van der Waals surface area (Å²) in [5.74, 6) is 5.77. The lowest BCUT2D eigenvalue weighted by atomic mass is 10.1. The lowest BCUT2D eigenvalue weighted by molar-refractivity contribution is -0.136. The van der Waals surface area contributed by atoms with Crippen LogP contribution in [0.1, 0.15) is 11.1 Å². The van der Waals surface area contributed by atoms with Crippen molar-refractivity contribution in [1.82, 2.24) is 0 Å². The van der Waals surface area contributed by atoms with Gasteiger partial charge in [-0.2, -0.15) is 0 Å². The highest BCUT2D eigenvalue weighted by Crippen LogP contribution is 2.12. The summed E-state index contributed by atoms with van der Waals surface area (Å²) >= 11 is 0. The van der Waals surface area contributed by atoms with E-state index in [9.17, 15) is 4.79 Å². The van der Waals surface area contributed by atoms with Crippen molar-refractivity contribution in [3.63, 3.8) is 0 Å². The molecule has 2 rings (SSSR count). The van der Waals surface area contributed by atoms with E-state index in [0.29, 0.717) is 12.4 Å². The van der Waals surface area contributed by atoms with Gasteiger partial charge in [0.15, 0.2) is 0 Å². The topological polar surface area (TPSA) is 46.5 Å². The predicted octanol–water partition coefficient (Wildman–Crippen LogP) is 2.74. The Labute approximate surface area is 117 Å². The third-order valence-corrected chi connectivity index (χ3v) is 2.60. The van der Waals surface area contributed by atoms with Crippen LogP contribution in [0.4, 0.5) is 0 Å². The first-order chi connectivity index (χ1) is 9.74. The van der Waals surface area contributed by atoms with Gasteiger partial charge in [-0.05, 0) is 29.8 Å². The van der Waals surface area contributed by atoms with Gasteiger partial charge in [-0.25, -0.2) is 0 Å². The van der Waals surface area contributed by atoms with Crippen LogP contribution in [0.15, 0.2) is 54.6 Å². The second-order valence-electron chi connectivity index (χ2n) is 4.17. The Balaban J connectivity index is 1.86. The van der Waals surface area contributed by atoms with Gasteiger partial charge in [-0.3, -0.25) is 4.79 Å². The normalized spacial score (nSPS) is 9.40. The molecule has 0 aromatic heterocycles. The maximum atomic E-state index is 10.5. The average molecular weight is 266 g/mol. The van der Waals surface area contributed by atoms with E-state index in [1.807, 2.05) is 30.3 Å². The van der Waals surface area contributed by atoms with Crippen molar-refractivity contribution in [2.45, 2.75) is 6.42 Å². The van der Waals surface area contributed by atoms with Crippen molar-refractivity contribution in [3.05, 3.63) is 65.7 Å². The monoisotopic (exact) mass is 266 g/mol. The molecule has 0 radical (unpaired) electrons. The van der Waals surface area contributed by atoms with Gasteiger partial charge in [0.05, 0.1) is 6.42 Å². The number of carbonyl (C=O) groups is 1. The first-order valence-corrected chi connectivity index (χ1v) is 6.21. The second kappa shape index (κ2) is 7.01. The van der Waals surface area contributed by atoms with Gasteiger partial charge >= 0.3 is 5.97 Å². The van der Waals surface area contributed by atoms with Crippen molar-refractivity contribution >= 4 is 5.97 Å². The van der Waals surface area contributed by atoms with Gasteiger partial charge in [0, 0.05) is 5.56 Å². The van der Waals surface area contributed by atoms with Crippen LogP contribution in [0, 0.1) is 11.8 Å². The molecule has 2 aromatic carbocycles. The molecule has 0 atom stereocenters. The van der Waals surface area contributed by atoms with Crippen molar-refractivity contribution < 1.29 is 14.6 Å². The first-order valence-electron chi connectivity index (χ1n) is 6.21. The molecule has 0 amide bonds. The molecule has 100 valence electrons. The molecule has 1 N–H and O–H groups in total. The highest BCUT2D eigenvalue weighted by atomic mass is 16.5. The molecule has 0 spiro atoms. The van der Waals surface area contributed by atoms with Gasteiger partial charge in [0.1, 0.15) is 12.4 Å². The molecule has 2 aromatic rings. The predicted molar refractivity (Wildman–Crippen MR) is 76.6 cm³/mol. The van der Waals surface area contributed by atoms with Gasteiger partial charge in [0.25, 0.3) is 0 Å². The van der Waals surface area contributed by atoms with Gasteiger partial charge in [-0.1, -0.05) is 42.2 Å². The Morgan fingerprint density at radius 1 is 1.05 bits per heavy atom. The van der Waals surface area contributed by atoms with Crippen LogP contribution >= 0.6 is 0 Å². The molecule has 0 heterocycles. The lowest BCUT2D eigenvalue weighted by Gasteiger charge is -2.02. The Hall–Kier alpha value is -2.73. The number of rotatable bonds is 4. The second-order valence-corrected chi connectivity index (χ2v) is 4.17. The maximum Gasteiger partial charge on any atom is 0.307 e. The zero-order chi connectivity index (χ0) is 14.2. The van der Waals surface area contributed by atoms with E-state index in [4.69, 9.17) is 9.84 Å². The number of ether oxygens (including phenoxy) is 1. The summed E-state index contributed by atoms with van der Waals surface area (Å²) in [5.41, 5.74) is 1.70. The number of hydrogen-bond acceptors (Lipinski definition) is 2. The van der Waals surface area contributed by atoms with Crippen LogP contribution in [0.2, 0.25) is 0 Å². The molecule has 0 aliphatic carbocycles. The summed E-state index contributed by atoms with van der Waals surface area (Å²) in [7, 11) is 0. The quantitative estimate of drug-likeness (QED) is 0.865. The molecular formula is C17H14O3. The van der Waals surface area contributed by atoms with Gasteiger partial charge in [-0.15, -0.1) is 0 Å². The molecular weight excluding hydrogens is 252 g/mol. The van der Waals surface area contributed by atoms with Crippen molar-refractivity contribution in [3.8, 4) is 17.6 Å². The SMILES string of the molecule is O=C(O)Cc1ccc(OCC#Cc2ccccc2)cc1. The molecule has 3 heteroatoms. The fourth-order valence-corrected chi connectivity index (χ4v) is 1.66. The summed E-state index contributed by atoms with van der Waals surface area (Å²) in [5, 5.41) is 8.67. The minimum atomic E-state index is -0.840. The highest BCUT2D eigenvalue weighted by Gasteiger charge is 2.00. The molecule has 0 bridgehead atoms. The first kappa shape index (κ1) is 13.7. The van der Waals surface area contributed by atoms with E-state index in [-0.39, 0.29) is 6.42 Å². The maximum absolute atomic E-state index is 10.5. The summed E-state index contributed by atoms with van der Waals surface area (Å²) < 4.78 is 5.47. The number of aliphatic carboxylic acids is 1. The largest absolute Gasteiger partial charge is 0.481 e. The van der Waals surface area contributed by atoms with Crippen molar-refractivity contribution in [2.24, 2.45) is 0 Å². The fourth-order valence-electron chi connectivity index (χ4n) is 1.66. The van der Waals surface area contributed by atoms with Crippen LogP contribution in [0.3, 0.4) is 0 Å².